The van der Waals surface area contributed by atoms with Gasteiger partial charge in [-0.1, -0.05) is 17.7 Å². The number of halogens is 1. The van der Waals surface area contributed by atoms with Crippen molar-refractivity contribution in [2.75, 3.05) is 40.0 Å². The number of hydrogen-bond acceptors (Lipinski definition) is 3. The Balaban J connectivity index is 2.83. The summed E-state index contributed by atoms with van der Waals surface area (Å²) >= 11 is 5.34. The van der Waals surface area contributed by atoms with Gasteiger partial charge in [0.25, 0.3) is 0 Å². The van der Waals surface area contributed by atoms with Gasteiger partial charge in [0.1, 0.15) is 0 Å². The van der Waals surface area contributed by atoms with Crippen LogP contribution < -0.4 is 5.32 Å². The molecule has 0 aliphatic rings. The van der Waals surface area contributed by atoms with Crippen LogP contribution in [0.15, 0.2) is 11.6 Å². The summed E-state index contributed by atoms with van der Waals surface area (Å²) in [5, 5.41) is 3.19. The molecule has 0 amide bonds. The summed E-state index contributed by atoms with van der Waals surface area (Å²) in [7, 11) is 1.67. The highest BCUT2D eigenvalue weighted by molar-refractivity contribution is 6.25. The second-order valence-electron chi connectivity index (χ2n) is 2.52. The van der Waals surface area contributed by atoms with Crippen LogP contribution in [0.5, 0.6) is 0 Å². The Bertz CT molecular complexity index is 120. The number of hydrogen-bond donors (Lipinski definition) is 1. The van der Waals surface area contributed by atoms with Crippen LogP contribution in [0.3, 0.4) is 0 Å². The van der Waals surface area contributed by atoms with E-state index in [1.807, 2.05) is 6.08 Å². The highest BCUT2D eigenvalue weighted by atomic mass is 35.5. The van der Waals surface area contributed by atoms with Gasteiger partial charge in [0.2, 0.25) is 0 Å². The van der Waals surface area contributed by atoms with Crippen molar-refractivity contribution in [1.29, 1.82) is 0 Å². The molecule has 13 heavy (non-hydrogen) atoms. The molecule has 4 heteroatoms. The molecule has 0 aliphatic heterocycles. The fourth-order valence-corrected chi connectivity index (χ4v) is 0.863. The van der Waals surface area contributed by atoms with Crippen molar-refractivity contribution < 1.29 is 9.47 Å². The van der Waals surface area contributed by atoms with Gasteiger partial charge in [-0.15, -0.1) is 0 Å². The lowest BCUT2D eigenvalue weighted by Crippen LogP contribution is -2.17. The van der Waals surface area contributed by atoms with Crippen LogP contribution in [0.1, 0.15) is 6.42 Å². The summed E-state index contributed by atoms with van der Waals surface area (Å²) in [6.07, 6.45) is 2.88. The average Bonchev–Trinajstić information content (AvgIpc) is 2.16. The molecule has 1 N–H and O–H groups in total. The summed E-state index contributed by atoms with van der Waals surface area (Å²) in [5.41, 5.74) is 1.52. The van der Waals surface area contributed by atoms with Crippen molar-refractivity contribution in [2.24, 2.45) is 0 Å². The zero-order valence-corrected chi connectivity index (χ0v) is 8.85. The summed E-state index contributed by atoms with van der Waals surface area (Å²) in [6.45, 7) is 3.90. The predicted octanol–water partition coefficient (Wildman–Crippen LogP) is 1.38. The molecule has 0 bridgehead atoms. The van der Waals surface area contributed by atoms with E-state index in [0.717, 1.165) is 26.1 Å². The zero-order chi connectivity index (χ0) is 9.78. The Hall–Kier alpha value is -0.0900. The van der Waals surface area contributed by atoms with Gasteiger partial charge in [-0.2, -0.15) is 0 Å². The number of nitrogens with one attached hydrogen (secondary N) is 1. The Morgan fingerprint density at radius 2 is 2.15 bits per heavy atom. The summed E-state index contributed by atoms with van der Waals surface area (Å²) in [6, 6.07) is 0. The van der Waals surface area contributed by atoms with Crippen LogP contribution in [0.2, 0.25) is 0 Å². The van der Waals surface area contributed by atoms with Crippen LogP contribution in [0, 0.1) is 0 Å². The number of ether oxygens (including phenoxy) is 2. The summed E-state index contributed by atoms with van der Waals surface area (Å²) in [5.74, 6) is 0. The van der Waals surface area contributed by atoms with Crippen LogP contribution in [0.25, 0.3) is 0 Å². The van der Waals surface area contributed by atoms with E-state index in [-0.39, 0.29) is 0 Å². The summed E-state index contributed by atoms with van der Waals surface area (Å²) < 4.78 is 10.1. The van der Waals surface area contributed by atoms with Crippen molar-refractivity contribution in [1.82, 2.24) is 5.32 Å². The predicted molar refractivity (Wildman–Crippen MR) is 55.2 cm³/mol. The monoisotopic (exact) mass is 207 g/mol. The normalized spacial score (nSPS) is 11.2. The molecular weight excluding hydrogens is 190 g/mol. The largest absolute Gasteiger partial charge is 0.382 e. The van der Waals surface area contributed by atoms with Gasteiger partial charge < -0.3 is 14.8 Å². The minimum atomic E-state index is 0.669. The van der Waals surface area contributed by atoms with E-state index in [0.29, 0.717) is 13.2 Å². The molecule has 0 aliphatic carbocycles. The molecule has 0 atom stereocenters. The van der Waals surface area contributed by atoms with E-state index in [2.05, 4.69) is 5.32 Å². The molecule has 0 aromatic heterocycles. The van der Waals surface area contributed by atoms with Crippen molar-refractivity contribution in [3.05, 3.63) is 11.6 Å². The highest BCUT2D eigenvalue weighted by Gasteiger charge is 1.88. The molecule has 0 aromatic rings. The highest BCUT2D eigenvalue weighted by Crippen LogP contribution is 1.82. The lowest BCUT2D eigenvalue weighted by atomic mass is 10.4. The van der Waals surface area contributed by atoms with E-state index in [1.54, 1.807) is 7.11 Å². The first kappa shape index (κ1) is 12.9. The third-order valence-electron chi connectivity index (χ3n) is 1.43. The maximum atomic E-state index is 5.34. The molecule has 0 rings (SSSR count). The average molecular weight is 208 g/mol. The lowest BCUT2D eigenvalue weighted by molar-refractivity contribution is 0.0696. The van der Waals surface area contributed by atoms with Crippen LogP contribution in [-0.4, -0.2) is 40.0 Å². The molecule has 0 aromatic carbocycles. The SMILES string of the molecule is COCCOCCCNC/C=C/Cl. The van der Waals surface area contributed by atoms with E-state index < -0.39 is 0 Å². The molecular formula is C9H18ClNO2. The van der Waals surface area contributed by atoms with E-state index in [4.69, 9.17) is 21.1 Å². The molecule has 0 radical (unpaired) electrons. The molecule has 0 saturated heterocycles. The van der Waals surface area contributed by atoms with Crippen LogP contribution in [0.4, 0.5) is 0 Å². The lowest BCUT2D eigenvalue weighted by Gasteiger charge is -2.03. The number of methoxy groups -OCH3 is 1. The smallest absolute Gasteiger partial charge is 0.0700 e. The Kier molecular flexibility index (Phi) is 11.8. The molecule has 78 valence electrons. The van der Waals surface area contributed by atoms with E-state index >= 15 is 0 Å². The third-order valence-corrected chi connectivity index (χ3v) is 1.60. The first-order valence-electron chi connectivity index (χ1n) is 4.44. The molecule has 0 unspecified atom stereocenters. The Morgan fingerprint density at radius 1 is 1.31 bits per heavy atom. The van der Waals surface area contributed by atoms with Gasteiger partial charge in [-0.05, 0) is 13.0 Å². The maximum absolute atomic E-state index is 5.34. The fourth-order valence-electron chi connectivity index (χ4n) is 0.773. The van der Waals surface area contributed by atoms with Gasteiger partial charge in [-0.25, -0.2) is 0 Å². The second kappa shape index (κ2) is 11.9. The quantitative estimate of drug-likeness (QED) is 0.580. The Labute approximate surface area is 85.0 Å². The molecule has 0 fully saturated rings. The standard InChI is InChI=1S/C9H18ClNO2/c1-12-8-9-13-7-3-6-11-5-2-4-10/h2,4,11H,3,5-9H2,1H3/b4-2+. The van der Waals surface area contributed by atoms with Gasteiger partial charge in [0, 0.05) is 25.8 Å². The van der Waals surface area contributed by atoms with Crippen molar-refractivity contribution in [3.63, 3.8) is 0 Å². The molecule has 3 nitrogen and oxygen atoms in total. The minimum absolute atomic E-state index is 0.669. The Morgan fingerprint density at radius 3 is 2.85 bits per heavy atom. The van der Waals surface area contributed by atoms with E-state index in [1.165, 1.54) is 5.54 Å². The fraction of sp³-hybridized carbons (Fsp3) is 0.778. The van der Waals surface area contributed by atoms with Crippen molar-refractivity contribution in [2.45, 2.75) is 6.42 Å². The second-order valence-corrected chi connectivity index (χ2v) is 2.78. The third kappa shape index (κ3) is 11.9. The van der Waals surface area contributed by atoms with Gasteiger partial charge in [0.15, 0.2) is 0 Å². The zero-order valence-electron chi connectivity index (χ0n) is 8.09. The first-order chi connectivity index (χ1) is 6.41. The van der Waals surface area contributed by atoms with Crippen molar-refractivity contribution in [3.8, 4) is 0 Å². The van der Waals surface area contributed by atoms with Crippen molar-refractivity contribution >= 4 is 11.6 Å². The molecule has 0 spiro atoms. The van der Waals surface area contributed by atoms with E-state index in [9.17, 15) is 0 Å². The molecule has 0 heterocycles. The van der Waals surface area contributed by atoms with Gasteiger partial charge >= 0.3 is 0 Å². The summed E-state index contributed by atoms with van der Waals surface area (Å²) in [4.78, 5) is 0. The minimum Gasteiger partial charge on any atom is -0.382 e. The maximum Gasteiger partial charge on any atom is 0.0700 e. The van der Waals surface area contributed by atoms with Gasteiger partial charge in [-0.3, -0.25) is 0 Å². The van der Waals surface area contributed by atoms with Gasteiger partial charge in [0.05, 0.1) is 13.2 Å². The first-order valence-corrected chi connectivity index (χ1v) is 4.88. The topological polar surface area (TPSA) is 30.5 Å². The number of rotatable bonds is 9. The molecule has 0 saturated carbocycles. The van der Waals surface area contributed by atoms with Crippen LogP contribution >= 0.6 is 11.6 Å². The van der Waals surface area contributed by atoms with Crippen LogP contribution in [-0.2, 0) is 9.47 Å².